The summed E-state index contributed by atoms with van der Waals surface area (Å²) in [5.41, 5.74) is 2.62. The first-order chi connectivity index (χ1) is 15.1. The van der Waals surface area contributed by atoms with Gasteiger partial charge in [0.2, 0.25) is 0 Å². The van der Waals surface area contributed by atoms with Crippen LogP contribution >= 0.6 is 0 Å². The van der Waals surface area contributed by atoms with Crippen molar-refractivity contribution in [1.82, 2.24) is 14.3 Å². The highest BCUT2D eigenvalue weighted by molar-refractivity contribution is 7.90. The molecule has 5 rings (SSSR count). The van der Waals surface area contributed by atoms with Crippen LogP contribution in [0.1, 0.15) is 44.1 Å². The fourth-order valence-corrected chi connectivity index (χ4v) is 6.30. The van der Waals surface area contributed by atoms with Gasteiger partial charge in [-0.3, -0.25) is 0 Å². The molecule has 1 fully saturated rings. The lowest BCUT2D eigenvalue weighted by Gasteiger charge is -2.24. The second-order valence-electron chi connectivity index (χ2n) is 8.51. The molecule has 0 spiro atoms. The number of rotatable bonds is 3. The topological polar surface area (TPSA) is 64.0 Å². The molecule has 1 aliphatic heterocycles. The van der Waals surface area contributed by atoms with Crippen molar-refractivity contribution < 1.29 is 8.42 Å². The number of imidazole rings is 1. The van der Waals surface area contributed by atoms with Crippen molar-refractivity contribution in [3.8, 4) is 0 Å². The zero-order chi connectivity index (χ0) is 21.4. The van der Waals surface area contributed by atoms with Crippen LogP contribution in [0.5, 0.6) is 0 Å². The van der Waals surface area contributed by atoms with Gasteiger partial charge in [-0.1, -0.05) is 48.5 Å². The molecule has 0 bridgehead atoms. The van der Waals surface area contributed by atoms with E-state index in [1.54, 1.807) is 12.1 Å². The zero-order valence-electron chi connectivity index (χ0n) is 17.7. The fourth-order valence-electron chi connectivity index (χ4n) is 4.79. The summed E-state index contributed by atoms with van der Waals surface area (Å²) in [5.74, 6) is 0.400. The van der Waals surface area contributed by atoms with Crippen molar-refractivity contribution in [3.05, 3.63) is 72.6 Å². The third-order valence-corrected chi connectivity index (χ3v) is 8.19. The fraction of sp³-hybridized carbons (Fsp3) is 0.320. The number of fused-ring (bicyclic) bond motifs is 2. The van der Waals surface area contributed by atoms with Crippen LogP contribution in [0.15, 0.2) is 71.9 Å². The number of hydrogen-bond acceptors (Lipinski definition) is 4. The molecule has 2 atom stereocenters. The Kier molecular flexibility index (Phi) is 5.28. The molecule has 1 aliphatic rings. The van der Waals surface area contributed by atoms with E-state index >= 15 is 0 Å². The van der Waals surface area contributed by atoms with Gasteiger partial charge in [0.15, 0.2) is 0 Å². The highest BCUT2D eigenvalue weighted by Crippen LogP contribution is 2.34. The number of aromatic nitrogens is 2. The molecule has 0 saturated carbocycles. The SMILES string of the molecule is CC1CCC(c2cccc3c2ncn3S(=O)(=O)c2cccc3ccccc23)CCCN1. The Labute approximate surface area is 183 Å². The molecule has 5 nitrogen and oxygen atoms in total. The first-order valence-electron chi connectivity index (χ1n) is 11.0. The first-order valence-corrected chi connectivity index (χ1v) is 12.4. The Hall–Kier alpha value is -2.70. The number of nitrogens with zero attached hydrogens (tertiary/aromatic N) is 2. The molecule has 0 radical (unpaired) electrons. The van der Waals surface area contributed by atoms with Gasteiger partial charge in [0.1, 0.15) is 6.33 Å². The molecule has 6 heteroatoms. The molecule has 1 N–H and O–H groups in total. The molecule has 2 heterocycles. The number of para-hydroxylation sites is 1. The summed E-state index contributed by atoms with van der Waals surface area (Å²) in [6, 6.07) is 19.4. The Balaban J connectivity index is 1.61. The van der Waals surface area contributed by atoms with Crippen molar-refractivity contribution in [2.24, 2.45) is 0 Å². The zero-order valence-corrected chi connectivity index (χ0v) is 18.5. The molecule has 2 unspecified atom stereocenters. The average molecular weight is 434 g/mol. The minimum atomic E-state index is -3.77. The van der Waals surface area contributed by atoms with Crippen molar-refractivity contribution in [1.29, 1.82) is 0 Å². The maximum Gasteiger partial charge on any atom is 0.270 e. The number of benzene rings is 3. The van der Waals surface area contributed by atoms with E-state index in [-0.39, 0.29) is 0 Å². The molecule has 0 amide bonds. The second kappa shape index (κ2) is 8.09. The monoisotopic (exact) mass is 433 g/mol. The van der Waals surface area contributed by atoms with Crippen LogP contribution in [0.4, 0.5) is 0 Å². The Bertz CT molecular complexity index is 1340. The van der Waals surface area contributed by atoms with Gasteiger partial charge in [0, 0.05) is 11.4 Å². The maximum atomic E-state index is 13.7. The summed E-state index contributed by atoms with van der Waals surface area (Å²) >= 11 is 0. The predicted octanol–water partition coefficient (Wildman–Crippen LogP) is 5.06. The predicted molar refractivity (Wildman–Crippen MR) is 125 cm³/mol. The Morgan fingerprint density at radius 2 is 1.77 bits per heavy atom. The lowest BCUT2D eigenvalue weighted by Crippen LogP contribution is -2.29. The van der Waals surface area contributed by atoms with Crippen LogP contribution in [-0.2, 0) is 10.0 Å². The smallest absolute Gasteiger partial charge is 0.270 e. The molecule has 1 aromatic heterocycles. The van der Waals surface area contributed by atoms with Gasteiger partial charge >= 0.3 is 0 Å². The van der Waals surface area contributed by atoms with Crippen molar-refractivity contribution in [3.63, 3.8) is 0 Å². The summed E-state index contributed by atoms with van der Waals surface area (Å²) < 4.78 is 28.7. The third kappa shape index (κ3) is 3.64. The third-order valence-electron chi connectivity index (χ3n) is 6.47. The molecule has 1 saturated heterocycles. The van der Waals surface area contributed by atoms with E-state index in [0.717, 1.165) is 48.5 Å². The van der Waals surface area contributed by atoms with Gasteiger partial charge in [-0.2, -0.15) is 0 Å². The highest BCUT2D eigenvalue weighted by Gasteiger charge is 2.25. The Morgan fingerprint density at radius 1 is 0.968 bits per heavy atom. The van der Waals surface area contributed by atoms with E-state index in [1.165, 1.54) is 15.9 Å². The molecule has 3 aromatic carbocycles. The van der Waals surface area contributed by atoms with E-state index in [0.29, 0.717) is 22.4 Å². The van der Waals surface area contributed by atoms with Crippen LogP contribution in [0.25, 0.3) is 21.8 Å². The van der Waals surface area contributed by atoms with Crippen molar-refractivity contribution in [2.75, 3.05) is 6.54 Å². The lowest BCUT2D eigenvalue weighted by atomic mass is 9.87. The minimum absolute atomic E-state index is 0.307. The van der Waals surface area contributed by atoms with E-state index < -0.39 is 10.0 Å². The largest absolute Gasteiger partial charge is 0.314 e. The van der Waals surface area contributed by atoms with Gasteiger partial charge in [-0.05, 0) is 68.2 Å². The summed E-state index contributed by atoms with van der Waals surface area (Å²) in [5, 5.41) is 5.19. The minimum Gasteiger partial charge on any atom is -0.314 e. The van der Waals surface area contributed by atoms with Crippen molar-refractivity contribution in [2.45, 2.75) is 49.5 Å². The first kappa shape index (κ1) is 20.2. The van der Waals surface area contributed by atoms with Crippen LogP contribution < -0.4 is 5.32 Å². The van der Waals surface area contributed by atoms with Crippen LogP contribution in [-0.4, -0.2) is 30.0 Å². The Morgan fingerprint density at radius 3 is 2.68 bits per heavy atom. The molecule has 0 aliphatic carbocycles. The van der Waals surface area contributed by atoms with Gasteiger partial charge in [0.05, 0.1) is 15.9 Å². The quantitative estimate of drug-likeness (QED) is 0.490. The van der Waals surface area contributed by atoms with Gasteiger partial charge in [-0.15, -0.1) is 0 Å². The maximum absolute atomic E-state index is 13.7. The van der Waals surface area contributed by atoms with Crippen molar-refractivity contribution >= 4 is 31.8 Å². The van der Waals surface area contributed by atoms with Gasteiger partial charge < -0.3 is 5.32 Å². The van der Waals surface area contributed by atoms with E-state index in [1.807, 2.05) is 42.5 Å². The highest BCUT2D eigenvalue weighted by atomic mass is 32.2. The number of hydrogen-bond donors (Lipinski definition) is 1. The standard InChI is InChI=1S/C25H27N3O2S/c1-18-14-15-20(9-6-16-26-18)22-11-5-12-23-25(22)27-17-28(23)31(29,30)24-13-4-8-19-7-2-3-10-21(19)24/h2-5,7-8,10-13,17-18,20,26H,6,9,14-16H2,1H3. The average Bonchev–Trinajstić information content (AvgIpc) is 3.22. The number of nitrogens with one attached hydrogen (secondary N) is 1. The summed E-state index contributed by atoms with van der Waals surface area (Å²) in [6.07, 6.45) is 5.85. The second-order valence-corrected chi connectivity index (χ2v) is 10.3. The van der Waals surface area contributed by atoms with Crippen LogP contribution in [0, 0.1) is 0 Å². The summed E-state index contributed by atoms with van der Waals surface area (Å²) in [4.78, 5) is 4.91. The lowest BCUT2D eigenvalue weighted by molar-refractivity contribution is 0.407. The molecule has 31 heavy (non-hydrogen) atoms. The van der Waals surface area contributed by atoms with E-state index in [2.05, 4.69) is 23.3 Å². The van der Waals surface area contributed by atoms with Crippen LogP contribution in [0.3, 0.4) is 0 Å². The molecular weight excluding hydrogens is 406 g/mol. The van der Waals surface area contributed by atoms with Crippen LogP contribution in [0.2, 0.25) is 0 Å². The summed E-state index contributed by atoms with van der Waals surface area (Å²) in [7, 11) is -3.77. The molecular formula is C25H27N3O2S. The van der Waals surface area contributed by atoms with E-state index in [9.17, 15) is 8.42 Å². The van der Waals surface area contributed by atoms with E-state index in [4.69, 9.17) is 0 Å². The summed E-state index contributed by atoms with van der Waals surface area (Å²) in [6.45, 7) is 3.26. The normalized spacial score (nSPS) is 20.5. The van der Waals surface area contributed by atoms with Gasteiger partial charge in [-0.25, -0.2) is 17.4 Å². The molecule has 4 aromatic rings. The molecule has 160 valence electrons. The van der Waals surface area contributed by atoms with Gasteiger partial charge in [0.25, 0.3) is 10.0 Å².